The molecule has 0 spiro atoms. The fourth-order valence-electron chi connectivity index (χ4n) is 2.58. The number of pyridine rings is 1. The summed E-state index contributed by atoms with van der Waals surface area (Å²) in [6.45, 7) is 2.19. The molecule has 1 aromatic rings. The fourth-order valence-corrected chi connectivity index (χ4v) is 2.58. The number of nitrogen functional groups attached to an aromatic ring is 1. The quantitative estimate of drug-likeness (QED) is 0.581. The third-order valence-corrected chi connectivity index (χ3v) is 3.83. The van der Waals surface area contributed by atoms with Gasteiger partial charge < -0.3 is 10.7 Å². The number of hydrogen-bond acceptors (Lipinski definition) is 4. The van der Waals surface area contributed by atoms with E-state index < -0.39 is 11.6 Å². The Labute approximate surface area is 111 Å². The summed E-state index contributed by atoms with van der Waals surface area (Å²) in [7, 11) is 0. The Bertz CT molecular complexity index is 431. The molecule has 0 atom stereocenters. The Hall–Kier alpha value is -1.43. The van der Waals surface area contributed by atoms with Crippen LogP contribution in [0.5, 0.6) is 0 Å². The van der Waals surface area contributed by atoms with Gasteiger partial charge in [-0.05, 0) is 31.6 Å². The van der Waals surface area contributed by atoms with Gasteiger partial charge in [0.25, 0.3) is 0 Å². The average molecular weight is 270 g/mol. The van der Waals surface area contributed by atoms with Gasteiger partial charge >= 0.3 is 0 Å². The first-order chi connectivity index (χ1) is 9.13. The second-order valence-corrected chi connectivity index (χ2v) is 5.06. The maximum atomic E-state index is 13.6. The number of rotatable bonds is 4. The molecule has 0 radical (unpaired) electrons. The Kier molecular flexibility index (Phi) is 4.52. The van der Waals surface area contributed by atoms with Crippen molar-refractivity contribution in [1.29, 1.82) is 0 Å². The van der Waals surface area contributed by atoms with Crippen molar-refractivity contribution in [1.82, 2.24) is 4.98 Å². The van der Waals surface area contributed by atoms with Crippen LogP contribution in [0.4, 0.5) is 20.4 Å². The summed E-state index contributed by atoms with van der Waals surface area (Å²) in [6, 6.07) is 0.989. The second kappa shape index (κ2) is 6.14. The van der Waals surface area contributed by atoms with Crippen LogP contribution < -0.4 is 16.6 Å². The third-order valence-electron chi connectivity index (χ3n) is 3.83. The molecular weight excluding hydrogens is 250 g/mol. The number of aromatic nitrogens is 1. The van der Waals surface area contributed by atoms with Gasteiger partial charge in [0.2, 0.25) is 0 Å². The lowest BCUT2D eigenvalue weighted by Gasteiger charge is -2.28. The van der Waals surface area contributed by atoms with Crippen molar-refractivity contribution in [2.45, 2.75) is 45.1 Å². The number of hydrogen-bond donors (Lipinski definition) is 3. The molecule has 4 nitrogen and oxygen atoms in total. The summed E-state index contributed by atoms with van der Waals surface area (Å²) >= 11 is 0. The van der Waals surface area contributed by atoms with Crippen molar-refractivity contribution >= 4 is 11.6 Å². The first-order valence-electron chi connectivity index (χ1n) is 6.73. The van der Waals surface area contributed by atoms with Gasteiger partial charge in [-0.3, -0.25) is 0 Å². The van der Waals surface area contributed by atoms with Crippen molar-refractivity contribution in [2.75, 3.05) is 10.7 Å². The molecule has 1 aromatic heterocycles. The molecule has 0 unspecified atom stereocenters. The molecule has 1 saturated carbocycles. The van der Waals surface area contributed by atoms with E-state index in [9.17, 15) is 8.78 Å². The number of nitrogens with zero attached hydrogens (tertiary/aromatic N) is 1. The number of halogens is 2. The maximum Gasteiger partial charge on any atom is 0.178 e. The summed E-state index contributed by atoms with van der Waals surface area (Å²) in [5.41, 5.74) is 2.12. The van der Waals surface area contributed by atoms with Crippen molar-refractivity contribution < 1.29 is 8.78 Å². The molecule has 0 aromatic carbocycles. The molecule has 2 rings (SSSR count). The van der Waals surface area contributed by atoms with Crippen LogP contribution in [-0.4, -0.2) is 11.0 Å². The van der Waals surface area contributed by atoms with Gasteiger partial charge in [-0.15, -0.1) is 0 Å². The fraction of sp³-hybridized carbons (Fsp3) is 0.615. The van der Waals surface area contributed by atoms with Crippen molar-refractivity contribution in [3.8, 4) is 0 Å². The molecule has 19 heavy (non-hydrogen) atoms. The van der Waals surface area contributed by atoms with Gasteiger partial charge in [0.15, 0.2) is 23.3 Å². The Morgan fingerprint density at radius 1 is 1.21 bits per heavy atom. The molecule has 6 heteroatoms. The minimum absolute atomic E-state index is 0.0642. The second-order valence-electron chi connectivity index (χ2n) is 5.06. The van der Waals surface area contributed by atoms with E-state index in [1.807, 2.05) is 0 Å². The van der Waals surface area contributed by atoms with Gasteiger partial charge in [-0.25, -0.2) is 19.6 Å². The molecule has 1 aliphatic rings. The summed E-state index contributed by atoms with van der Waals surface area (Å²) in [5, 5.41) is 3.05. The van der Waals surface area contributed by atoms with Gasteiger partial charge in [0.1, 0.15) is 0 Å². The number of nitrogens with one attached hydrogen (secondary N) is 2. The average Bonchev–Trinajstić information content (AvgIpc) is 2.42. The van der Waals surface area contributed by atoms with Crippen LogP contribution in [0.2, 0.25) is 0 Å². The largest absolute Gasteiger partial charge is 0.365 e. The SMILES string of the molecule is CCC1CCC(Nc2nc(NN)c(F)cc2F)CC1. The summed E-state index contributed by atoms with van der Waals surface area (Å²) < 4.78 is 26.9. The molecular formula is C13H20F2N4. The molecule has 1 heterocycles. The van der Waals surface area contributed by atoms with Crippen LogP contribution in [0.1, 0.15) is 39.0 Å². The van der Waals surface area contributed by atoms with Crippen molar-refractivity contribution in [3.05, 3.63) is 17.7 Å². The topological polar surface area (TPSA) is 63.0 Å². The number of nitrogens with two attached hydrogens (primary N) is 1. The van der Waals surface area contributed by atoms with Crippen LogP contribution in [0.15, 0.2) is 6.07 Å². The maximum absolute atomic E-state index is 13.6. The lowest BCUT2D eigenvalue weighted by atomic mass is 9.84. The van der Waals surface area contributed by atoms with Gasteiger partial charge in [0.05, 0.1) is 0 Å². The standard InChI is InChI=1S/C13H20F2N4/c1-2-8-3-5-9(6-4-8)17-12-10(14)7-11(15)13(18-12)19-16/h7-9H,2-6,16H2,1H3,(H2,17,18,19). The first kappa shape index (κ1) is 14.0. The minimum Gasteiger partial charge on any atom is -0.365 e. The lowest BCUT2D eigenvalue weighted by Crippen LogP contribution is -2.27. The zero-order valence-corrected chi connectivity index (χ0v) is 11.0. The highest BCUT2D eigenvalue weighted by Crippen LogP contribution is 2.29. The van der Waals surface area contributed by atoms with Gasteiger partial charge in [0, 0.05) is 12.1 Å². The third kappa shape index (κ3) is 3.32. The first-order valence-corrected chi connectivity index (χ1v) is 6.73. The molecule has 0 aliphatic heterocycles. The summed E-state index contributed by atoms with van der Waals surface area (Å²) in [6.07, 6.45) is 5.44. The van der Waals surface area contributed by atoms with Crippen LogP contribution in [-0.2, 0) is 0 Å². The van der Waals surface area contributed by atoms with Crippen molar-refractivity contribution in [2.24, 2.45) is 11.8 Å². The number of hydrazine groups is 1. The zero-order chi connectivity index (χ0) is 13.8. The van der Waals surface area contributed by atoms with E-state index in [0.29, 0.717) is 0 Å². The smallest absolute Gasteiger partial charge is 0.178 e. The molecule has 1 fully saturated rings. The van der Waals surface area contributed by atoms with E-state index >= 15 is 0 Å². The zero-order valence-electron chi connectivity index (χ0n) is 11.0. The van der Waals surface area contributed by atoms with Gasteiger partial charge in [-0.2, -0.15) is 0 Å². The van der Waals surface area contributed by atoms with E-state index in [2.05, 4.69) is 22.7 Å². The van der Waals surface area contributed by atoms with E-state index in [0.717, 1.165) is 37.7 Å². The Morgan fingerprint density at radius 2 is 1.84 bits per heavy atom. The molecule has 0 amide bonds. The highest BCUT2D eigenvalue weighted by atomic mass is 19.1. The molecule has 1 aliphatic carbocycles. The van der Waals surface area contributed by atoms with Crippen LogP contribution in [0.3, 0.4) is 0 Å². The summed E-state index contributed by atoms with van der Waals surface area (Å²) in [4.78, 5) is 3.83. The monoisotopic (exact) mass is 270 g/mol. The predicted octanol–water partition coefficient (Wildman–Crippen LogP) is 3.03. The number of anilines is 2. The normalized spacial score (nSPS) is 23.2. The molecule has 4 N–H and O–H groups in total. The highest BCUT2D eigenvalue weighted by Gasteiger charge is 2.21. The molecule has 0 saturated heterocycles. The van der Waals surface area contributed by atoms with E-state index in [1.165, 1.54) is 6.42 Å². The Balaban J connectivity index is 2.03. The molecule has 106 valence electrons. The van der Waals surface area contributed by atoms with Gasteiger partial charge in [-0.1, -0.05) is 13.3 Å². The van der Waals surface area contributed by atoms with E-state index in [1.54, 1.807) is 0 Å². The van der Waals surface area contributed by atoms with Crippen LogP contribution in [0, 0.1) is 17.6 Å². The molecule has 0 bridgehead atoms. The minimum atomic E-state index is -0.791. The van der Waals surface area contributed by atoms with Crippen LogP contribution in [0.25, 0.3) is 0 Å². The Morgan fingerprint density at radius 3 is 2.42 bits per heavy atom. The lowest BCUT2D eigenvalue weighted by molar-refractivity contribution is 0.329. The van der Waals surface area contributed by atoms with Crippen molar-refractivity contribution in [3.63, 3.8) is 0 Å². The van der Waals surface area contributed by atoms with Crippen LogP contribution >= 0.6 is 0 Å². The van der Waals surface area contributed by atoms with E-state index in [4.69, 9.17) is 5.84 Å². The summed E-state index contributed by atoms with van der Waals surface area (Å²) in [5.74, 6) is 4.34. The highest BCUT2D eigenvalue weighted by molar-refractivity contribution is 5.47. The predicted molar refractivity (Wildman–Crippen MR) is 71.6 cm³/mol. The van der Waals surface area contributed by atoms with E-state index in [-0.39, 0.29) is 17.7 Å².